The van der Waals surface area contributed by atoms with Crippen molar-refractivity contribution in [2.75, 3.05) is 6.61 Å². The van der Waals surface area contributed by atoms with Crippen LogP contribution in [-0.4, -0.2) is 40.2 Å². The van der Waals surface area contributed by atoms with Crippen molar-refractivity contribution in [2.45, 2.75) is 63.7 Å². The quantitative estimate of drug-likeness (QED) is 0.750. The third-order valence-corrected chi connectivity index (χ3v) is 5.52. The lowest BCUT2D eigenvalue weighted by molar-refractivity contribution is -0.124. The van der Waals surface area contributed by atoms with E-state index in [0.717, 1.165) is 43.4 Å². The molecule has 0 radical (unpaired) electrons. The molecule has 30 heavy (non-hydrogen) atoms. The molecule has 0 unspecified atom stereocenters. The van der Waals surface area contributed by atoms with Crippen molar-refractivity contribution in [2.24, 2.45) is 0 Å². The number of nitrogens with one attached hydrogen (secondary N) is 1. The number of fused-ring (bicyclic) bond motifs is 1. The molecular weight excluding hydrogens is 406 g/mol. The number of benzene rings is 1. The third kappa shape index (κ3) is 5.14. The normalized spacial score (nSPS) is 22.0. The molecule has 1 fully saturated rings. The van der Waals surface area contributed by atoms with Gasteiger partial charge in [0, 0.05) is 18.0 Å². The van der Waals surface area contributed by atoms with E-state index in [1.54, 1.807) is 0 Å². The predicted molar refractivity (Wildman–Crippen MR) is 112 cm³/mol. The maximum atomic E-state index is 12.4. The van der Waals surface area contributed by atoms with Crippen molar-refractivity contribution in [3.05, 3.63) is 41.2 Å². The number of ether oxygens (including phenoxy) is 3. The molecule has 8 heteroatoms. The second-order valence-electron chi connectivity index (χ2n) is 8.41. The van der Waals surface area contributed by atoms with Crippen LogP contribution in [0.5, 0.6) is 17.5 Å². The summed E-state index contributed by atoms with van der Waals surface area (Å²) in [6, 6.07) is 6.26. The van der Waals surface area contributed by atoms with Crippen LogP contribution >= 0.6 is 11.6 Å². The van der Waals surface area contributed by atoms with E-state index in [4.69, 9.17) is 25.8 Å². The summed E-state index contributed by atoms with van der Waals surface area (Å²) in [6.07, 6.45) is 7.23. The van der Waals surface area contributed by atoms with E-state index in [2.05, 4.69) is 15.3 Å². The zero-order valence-electron chi connectivity index (χ0n) is 17.2. The summed E-state index contributed by atoms with van der Waals surface area (Å²) in [7, 11) is 0. The smallest absolute Gasteiger partial charge is 0.316 e. The molecule has 0 spiro atoms. The van der Waals surface area contributed by atoms with Gasteiger partial charge < -0.3 is 19.5 Å². The molecule has 1 N–H and O–H groups in total. The molecule has 1 aromatic heterocycles. The minimum Gasteiger partial charge on any atom is -0.483 e. The maximum Gasteiger partial charge on any atom is 0.316 e. The van der Waals surface area contributed by atoms with Crippen molar-refractivity contribution in [1.82, 2.24) is 15.3 Å². The lowest BCUT2D eigenvalue weighted by Crippen LogP contribution is -2.41. The number of hydrogen-bond acceptors (Lipinski definition) is 6. The van der Waals surface area contributed by atoms with E-state index in [1.165, 1.54) is 12.4 Å². The van der Waals surface area contributed by atoms with Gasteiger partial charge in [-0.15, -0.1) is 0 Å². The van der Waals surface area contributed by atoms with E-state index >= 15 is 0 Å². The van der Waals surface area contributed by atoms with Gasteiger partial charge in [-0.3, -0.25) is 4.79 Å². The van der Waals surface area contributed by atoms with Crippen LogP contribution in [0.25, 0.3) is 0 Å². The average molecular weight is 432 g/mol. The fourth-order valence-electron chi connectivity index (χ4n) is 3.95. The number of halogens is 1. The number of hydrogen-bond donors (Lipinski definition) is 1. The fourth-order valence-corrected chi connectivity index (χ4v) is 4.05. The summed E-state index contributed by atoms with van der Waals surface area (Å²) in [5, 5.41) is 3.53. The highest BCUT2D eigenvalue weighted by Gasteiger charge is 2.32. The molecule has 1 aliphatic carbocycles. The molecule has 1 aromatic carbocycles. The van der Waals surface area contributed by atoms with Gasteiger partial charge in [-0.2, -0.15) is 0 Å². The Morgan fingerprint density at radius 2 is 1.97 bits per heavy atom. The minimum atomic E-state index is -0.248. The van der Waals surface area contributed by atoms with Gasteiger partial charge in [0.25, 0.3) is 5.91 Å². The van der Waals surface area contributed by atoms with Gasteiger partial charge in [0.05, 0.1) is 17.4 Å². The fraction of sp³-hybridized carbons (Fsp3) is 0.500. The molecule has 1 amide bonds. The summed E-state index contributed by atoms with van der Waals surface area (Å²) in [4.78, 5) is 20.5. The molecule has 0 bridgehead atoms. The summed E-state index contributed by atoms with van der Waals surface area (Å²) in [6.45, 7) is 4.06. The van der Waals surface area contributed by atoms with Crippen LogP contribution in [0, 0.1) is 0 Å². The van der Waals surface area contributed by atoms with E-state index in [9.17, 15) is 4.79 Å². The minimum absolute atomic E-state index is 0.0325. The van der Waals surface area contributed by atoms with E-state index in [1.807, 2.05) is 32.0 Å². The van der Waals surface area contributed by atoms with E-state index in [-0.39, 0.29) is 30.3 Å². The van der Waals surface area contributed by atoms with Crippen molar-refractivity contribution >= 4 is 17.5 Å². The second-order valence-corrected chi connectivity index (χ2v) is 8.85. The first-order chi connectivity index (χ1) is 14.4. The zero-order chi connectivity index (χ0) is 21.1. The standard InChI is InChI=1S/C22H26ClN3O4/c1-22(2)10-14-4-3-5-18(20(14)30-22)28-13-19(27)26-16-6-8-17(9-7-16)29-21-24-11-15(23)12-25-21/h3-5,11-12,16-17H,6-10,13H2,1-2H3,(H,26,27). The summed E-state index contributed by atoms with van der Waals surface area (Å²) >= 11 is 5.79. The Bertz CT molecular complexity index is 896. The number of amides is 1. The molecule has 2 aliphatic rings. The van der Waals surface area contributed by atoms with Crippen molar-refractivity contribution in [3.8, 4) is 17.5 Å². The molecule has 7 nitrogen and oxygen atoms in total. The van der Waals surface area contributed by atoms with Crippen molar-refractivity contribution in [3.63, 3.8) is 0 Å². The number of rotatable bonds is 6. The van der Waals surface area contributed by atoms with Crippen LogP contribution in [0.3, 0.4) is 0 Å². The topological polar surface area (TPSA) is 82.6 Å². The van der Waals surface area contributed by atoms with Crippen molar-refractivity contribution < 1.29 is 19.0 Å². The van der Waals surface area contributed by atoms with Gasteiger partial charge in [0.15, 0.2) is 18.1 Å². The number of aromatic nitrogens is 2. The van der Waals surface area contributed by atoms with Crippen LogP contribution in [0.1, 0.15) is 45.1 Å². The SMILES string of the molecule is CC1(C)Cc2cccc(OCC(=O)NC3CCC(Oc4ncc(Cl)cn4)CC3)c2O1. The maximum absolute atomic E-state index is 12.4. The van der Waals surface area contributed by atoms with Gasteiger partial charge in [0.2, 0.25) is 0 Å². The largest absolute Gasteiger partial charge is 0.483 e. The molecule has 160 valence electrons. The molecule has 1 saturated carbocycles. The molecule has 0 saturated heterocycles. The van der Waals surface area contributed by atoms with Crippen molar-refractivity contribution in [1.29, 1.82) is 0 Å². The van der Waals surface area contributed by atoms with Gasteiger partial charge in [-0.1, -0.05) is 23.7 Å². The number of para-hydroxylation sites is 1. The number of nitrogens with zero attached hydrogens (tertiary/aromatic N) is 2. The Labute approximate surface area is 181 Å². The first kappa shape index (κ1) is 20.7. The molecular formula is C22H26ClN3O4. The Morgan fingerprint density at radius 3 is 2.70 bits per heavy atom. The lowest BCUT2D eigenvalue weighted by Gasteiger charge is -2.28. The number of carbonyl (C=O) groups is 1. The third-order valence-electron chi connectivity index (χ3n) is 5.32. The van der Waals surface area contributed by atoms with E-state index in [0.29, 0.717) is 16.8 Å². The average Bonchev–Trinajstić information content (AvgIpc) is 3.04. The molecule has 2 heterocycles. The zero-order valence-corrected chi connectivity index (χ0v) is 17.9. The molecule has 2 aromatic rings. The van der Waals surface area contributed by atoms with Crippen LogP contribution < -0.4 is 19.5 Å². The van der Waals surface area contributed by atoms with Gasteiger partial charge in [-0.25, -0.2) is 9.97 Å². The predicted octanol–water partition coefficient (Wildman–Crippen LogP) is 3.73. The molecule has 1 aliphatic heterocycles. The van der Waals surface area contributed by atoms with Crippen LogP contribution in [-0.2, 0) is 11.2 Å². The number of carbonyl (C=O) groups excluding carboxylic acids is 1. The summed E-state index contributed by atoms with van der Waals surface area (Å²) in [5.74, 6) is 1.24. The second kappa shape index (κ2) is 8.68. The van der Waals surface area contributed by atoms with Gasteiger partial charge in [0.1, 0.15) is 11.7 Å². The monoisotopic (exact) mass is 431 g/mol. The molecule has 0 atom stereocenters. The van der Waals surface area contributed by atoms with Crippen LogP contribution in [0.15, 0.2) is 30.6 Å². The highest BCUT2D eigenvalue weighted by Crippen LogP contribution is 2.41. The van der Waals surface area contributed by atoms with Gasteiger partial charge >= 0.3 is 6.01 Å². The van der Waals surface area contributed by atoms with E-state index < -0.39 is 0 Å². The Kier molecular flexibility index (Phi) is 5.99. The molecule has 4 rings (SSSR count). The summed E-state index contributed by atoms with van der Waals surface area (Å²) in [5.41, 5.74) is 0.864. The first-order valence-corrected chi connectivity index (χ1v) is 10.6. The Hall–Kier alpha value is -2.54. The van der Waals surface area contributed by atoms with Crippen LogP contribution in [0.4, 0.5) is 0 Å². The Balaban J connectivity index is 1.22. The Morgan fingerprint density at radius 1 is 1.23 bits per heavy atom. The highest BCUT2D eigenvalue weighted by molar-refractivity contribution is 6.30. The summed E-state index contributed by atoms with van der Waals surface area (Å²) < 4.78 is 17.5. The lowest BCUT2D eigenvalue weighted by atomic mass is 9.93. The van der Waals surface area contributed by atoms with Gasteiger partial charge in [-0.05, 0) is 45.6 Å². The highest BCUT2D eigenvalue weighted by atomic mass is 35.5. The first-order valence-electron chi connectivity index (χ1n) is 10.3. The van der Waals surface area contributed by atoms with Crippen LogP contribution in [0.2, 0.25) is 5.02 Å².